The summed E-state index contributed by atoms with van der Waals surface area (Å²) in [7, 11) is 1.56. The fourth-order valence-electron chi connectivity index (χ4n) is 1.72. The van der Waals surface area contributed by atoms with Crippen LogP contribution in [-0.2, 0) is 6.54 Å². The predicted molar refractivity (Wildman–Crippen MR) is 73.1 cm³/mol. The minimum Gasteiger partial charge on any atom is -0.507 e. The fourth-order valence-corrected chi connectivity index (χ4v) is 1.72. The van der Waals surface area contributed by atoms with Crippen LogP contribution in [-0.4, -0.2) is 12.2 Å². The average molecular weight is 254 g/mol. The number of ether oxygens (including phenoxy) is 1. The molecule has 0 fully saturated rings. The maximum absolute atomic E-state index is 9.83. The molecule has 0 saturated carbocycles. The highest BCUT2D eigenvalue weighted by Crippen LogP contribution is 2.24. The Morgan fingerprint density at radius 1 is 1.26 bits per heavy atom. The summed E-state index contributed by atoms with van der Waals surface area (Å²) in [5, 5.41) is 21.8. The third-order valence-corrected chi connectivity index (χ3v) is 2.77. The summed E-state index contributed by atoms with van der Waals surface area (Å²) < 4.78 is 5.03. The van der Waals surface area contributed by atoms with Crippen LogP contribution in [0, 0.1) is 11.3 Å². The molecule has 0 aromatic heterocycles. The van der Waals surface area contributed by atoms with Crippen molar-refractivity contribution in [3.8, 4) is 17.6 Å². The molecule has 0 heterocycles. The standard InChI is InChI=1S/C15H14N2O2/c1-19-14-6-5-12(15(18)8-14)10-17-13-4-2-3-11(7-13)9-16/h2-8,17-18H,10H2,1H3. The molecule has 19 heavy (non-hydrogen) atoms. The lowest BCUT2D eigenvalue weighted by molar-refractivity contribution is 0.406. The molecule has 0 radical (unpaired) electrons. The van der Waals surface area contributed by atoms with E-state index >= 15 is 0 Å². The van der Waals surface area contributed by atoms with Crippen LogP contribution < -0.4 is 10.1 Å². The molecule has 0 unspecified atom stereocenters. The number of hydrogen-bond donors (Lipinski definition) is 2. The van der Waals surface area contributed by atoms with Gasteiger partial charge in [-0.2, -0.15) is 5.26 Å². The Kier molecular flexibility index (Phi) is 3.89. The Bertz CT molecular complexity index is 618. The summed E-state index contributed by atoms with van der Waals surface area (Å²) in [4.78, 5) is 0. The Labute approximate surface area is 111 Å². The first kappa shape index (κ1) is 12.8. The molecule has 2 N–H and O–H groups in total. The molecule has 2 rings (SSSR count). The summed E-state index contributed by atoms with van der Waals surface area (Å²) in [5.74, 6) is 0.802. The normalized spacial score (nSPS) is 9.68. The van der Waals surface area contributed by atoms with E-state index in [0.717, 1.165) is 11.3 Å². The van der Waals surface area contributed by atoms with Crippen molar-refractivity contribution in [2.24, 2.45) is 0 Å². The molecule has 0 aliphatic carbocycles. The lowest BCUT2D eigenvalue weighted by Crippen LogP contribution is -2.00. The molecule has 0 amide bonds. The van der Waals surface area contributed by atoms with E-state index < -0.39 is 0 Å². The van der Waals surface area contributed by atoms with Crippen molar-refractivity contribution in [3.05, 3.63) is 53.6 Å². The lowest BCUT2D eigenvalue weighted by atomic mass is 10.1. The zero-order valence-corrected chi connectivity index (χ0v) is 10.6. The molecule has 2 aromatic rings. The van der Waals surface area contributed by atoms with Gasteiger partial charge in [0, 0.05) is 23.9 Å². The number of anilines is 1. The van der Waals surface area contributed by atoms with Crippen molar-refractivity contribution < 1.29 is 9.84 Å². The van der Waals surface area contributed by atoms with Crippen molar-refractivity contribution in [1.82, 2.24) is 0 Å². The highest BCUT2D eigenvalue weighted by molar-refractivity contribution is 5.50. The summed E-state index contributed by atoms with van der Waals surface area (Å²) in [6, 6.07) is 14.5. The smallest absolute Gasteiger partial charge is 0.124 e. The van der Waals surface area contributed by atoms with E-state index in [4.69, 9.17) is 10.00 Å². The molecule has 0 atom stereocenters. The molecule has 0 aliphatic rings. The molecule has 4 nitrogen and oxygen atoms in total. The van der Waals surface area contributed by atoms with Gasteiger partial charge in [0.1, 0.15) is 11.5 Å². The summed E-state index contributed by atoms with van der Waals surface area (Å²) >= 11 is 0. The average Bonchev–Trinajstić information content (AvgIpc) is 2.46. The topological polar surface area (TPSA) is 65.3 Å². The van der Waals surface area contributed by atoms with Gasteiger partial charge in [0.05, 0.1) is 18.7 Å². The minimum atomic E-state index is 0.184. The fraction of sp³-hybridized carbons (Fsp3) is 0.133. The van der Waals surface area contributed by atoms with Crippen LogP contribution in [0.2, 0.25) is 0 Å². The van der Waals surface area contributed by atoms with Crippen LogP contribution in [0.25, 0.3) is 0 Å². The van der Waals surface area contributed by atoms with E-state index in [1.54, 1.807) is 37.4 Å². The molecule has 0 saturated heterocycles. The Hall–Kier alpha value is -2.67. The third-order valence-electron chi connectivity index (χ3n) is 2.77. The predicted octanol–water partition coefficient (Wildman–Crippen LogP) is 2.88. The second kappa shape index (κ2) is 5.78. The van der Waals surface area contributed by atoms with Gasteiger partial charge in [-0.05, 0) is 30.3 Å². The number of benzene rings is 2. The number of phenols is 1. The molecule has 0 aliphatic heterocycles. The molecule has 2 aromatic carbocycles. The van der Waals surface area contributed by atoms with Gasteiger partial charge in [-0.15, -0.1) is 0 Å². The van der Waals surface area contributed by atoms with Gasteiger partial charge in [0.25, 0.3) is 0 Å². The maximum atomic E-state index is 9.83. The van der Waals surface area contributed by atoms with Gasteiger partial charge in [-0.25, -0.2) is 0 Å². The van der Waals surface area contributed by atoms with Crippen LogP contribution in [0.5, 0.6) is 11.5 Å². The van der Waals surface area contributed by atoms with E-state index in [2.05, 4.69) is 11.4 Å². The summed E-state index contributed by atoms with van der Waals surface area (Å²) in [6.07, 6.45) is 0. The number of methoxy groups -OCH3 is 1. The van der Waals surface area contributed by atoms with Crippen LogP contribution >= 0.6 is 0 Å². The Morgan fingerprint density at radius 3 is 2.79 bits per heavy atom. The van der Waals surface area contributed by atoms with Gasteiger partial charge in [0.2, 0.25) is 0 Å². The molecular weight excluding hydrogens is 240 g/mol. The molecule has 96 valence electrons. The van der Waals surface area contributed by atoms with Gasteiger partial charge < -0.3 is 15.2 Å². The second-order valence-electron chi connectivity index (χ2n) is 4.04. The van der Waals surface area contributed by atoms with Gasteiger partial charge in [-0.1, -0.05) is 6.07 Å². The monoisotopic (exact) mass is 254 g/mol. The van der Waals surface area contributed by atoms with Gasteiger partial charge >= 0.3 is 0 Å². The Balaban J connectivity index is 2.08. The number of hydrogen-bond acceptors (Lipinski definition) is 4. The minimum absolute atomic E-state index is 0.184. The largest absolute Gasteiger partial charge is 0.507 e. The van der Waals surface area contributed by atoms with Gasteiger partial charge in [0.15, 0.2) is 0 Å². The number of phenolic OH excluding ortho intramolecular Hbond substituents is 1. The first-order chi connectivity index (χ1) is 9.22. The van der Waals surface area contributed by atoms with E-state index in [-0.39, 0.29) is 5.75 Å². The second-order valence-corrected chi connectivity index (χ2v) is 4.04. The van der Waals surface area contributed by atoms with Gasteiger partial charge in [-0.3, -0.25) is 0 Å². The number of nitriles is 1. The van der Waals surface area contributed by atoms with Crippen LogP contribution in [0.1, 0.15) is 11.1 Å². The molecule has 4 heteroatoms. The van der Waals surface area contributed by atoms with E-state index in [9.17, 15) is 5.11 Å². The summed E-state index contributed by atoms with van der Waals surface area (Å²) in [6.45, 7) is 0.477. The first-order valence-electron chi connectivity index (χ1n) is 5.83. The van der Waals surface area contributed by atoms with Crippen molar-refractivity contribution in [1.29, 1.82) is 5.26 Å². The van der Waals surface area contributed by atoms with Crippen LogP contribution in [0.3, 0.4) is 0 Å². The molecular formula is C15H14N2O2. The van der Waals surface area contributed by atoms with Crippen molar-refractivity contribution in [2.45, 2.75) is 6.54 Å². The number of aromatic hydroxyl groups is 1. The number of rotatable bonds is 4. The molecule has 0 bridgehead atoms. The van der Waals surface area contributed by atoms with Crippen molar-refractivity contribution in [3.63, 3.8) is 0 Å². The zero-order chi connectivity index (χ0) is 13.7. The van der Waals surface area contributed by atoms with E-state index in [1.807, 2.05) is 12.1 Å². The maximum Gasteiger partial charge on any atom is 0.124 e. The molecule has 0 spiro atoms. The first-order valence-corrected chi connectivity index (χ1v) is 5.83. The number of nitrogens with zero attached hydrogens (tertiary/aromatic N) is 1. The lowest BCUT2D eigenvalue weighted by Gasteiger charge is -2.09. The third kappa shape index (κ3) is 3.17. The summed E-state index contributed by atoms with van der Waals surface area (Å²) in [5.41, 5.74) is 2.21. The van der Waals surface area contributed by atoms with E-state index in [0.29, 0.717) is 17.9 Å². The Morgan fingerprint density at radius 2 is 2.11 bits per heavy atom. The van der Waals surface area contributed by atoms with Crippen LogP contribution in [0.4, 0.5) is 5.69 Å². The number of nitrogens with one attached hydrogen (secondary N) is 1. The highest BCUT2D eigenvalue weighted by Gasteiger charge is 2.03. The van der Waals surface area contributed by atoms with Crippen molar-refractivity contribution >= 4 is 5.69 Å². The highest BCUT2D eigenvalue weighted by atomic mass is 16.5. The van der Waals surface area contributed by atoms with E-state index in [1.165, 1.54) is 0 Å². The SMILES string of the molecule is COc1ccc(CNc2cccc(C#N)c2)c(O)c1. The zero-order valence-electron chi connectivity index (χ0n) is 10.6. The van der Waals surface area contributed by atoms with Crippen molar-refractivity contribution in [2.75, 3.05) is 12.4 Å². The quantitative estimate of drug-likeness (QED) is 0.880. The van der Waals surface area contributed by atoms with Crippen LogP contribution in [0.15, 0.2) is 42.5 Å².